The molecule has 0 spiro atoms. The summed E-state index contributed by atoms with van der Waals surface area (Å²) >= 11 is 0. The molecule has 7 nitrogen and oxygen atoms in total. The number of Topliss-reactive ketones (excluding diaryl/α,β-unsaturated/α-hetero) is 1. The van der Waals surface area contributed by atoms with Crippen molar-refractivity contribution in [2.75, 3.05) is 13.1 Å². The van der Waals surface area contributed by atoms with Gasteiger partial charge in [-0.3, -0.25) is 19.3 Å². The zero-order valence-corrected chi connectivity index (χ0v) is 26.7. The number of nitrogens with one attached hydrogen (secondary N) is 2. The molecule has 1 fully saturated rings. The second-order valence-corrected chi connectivity index (χ2v) is 13.0. The Morgan fingerprint density at radius 1 is 0.889 bits per heavy atom. The van der Waals surface area contributed by atoms with Gasteiger partial charge in [0.2, 0.25) is 5.91 Å². The summed E-state index contributed by atoms with van der Waals surface area (Å²) < 4.78 is 6.07. The standard InChI is InChI=1S/C38H47N3O4/c1-27(2)22-35(40-38(44)33-17-9-10-18-34(33)39-37(43)29-14-7-4-8-15-29)36(42)25-41-21-11-16-30-23-32(20-19-31(30)24-41)45-26-28-12-5-3-6-13-28/h3-8,12-15,19-20,23,27,33-35H,9-11,16-18,21-22,24-26H2,1-2H3,(H,39,43)(H,40,44)/t33-,34+,35?/m1/s1. The van der Waals surface area contributed by atoms with Gasteiger partial charge in [0, 0.05) is 18.2 Å². The van der Waals surface area contributed by atoms with Crippen LogP contribution in [0.4, 0.5) is 0 Å². The van der Waals surface area contributed by atoms with E-state index in [0.29, 0.717) is 38.1 Å². The summed E-state index contributed by atoms with van der Waals surface area (Å²) in [5, 5.41) is 6.25. The number of hydrogen-bond donors (Lipinski definition) is 2. The van der Waals surface area contributed by atoms with Crippen molar-refractivity contribution in [2.45, 2.75) is 84.0 Å². The zero-order chi connectivity index (χ0) is 31.6. The molecule has 3 atom stereocenters. The quantitative estimate of drug-likeness (QED) is 0.259. The number of carbonyl (C=O) groups excluding carboxylic acids is 3. The van der Waals surface area contributed by atoms with Gasteiger partial charge in [-0.25, -0.2) is 0 Å². The van der Waals surface area contributed by atoms with Gasteiger partial charge in [0.25, 0.3) is 5.91 Å². The monoisotopic (exact) mass is 609 g/mol. The number of amides is 2. The summed E-state index contributed by atoms with van der Waals surface area (Å²) in [6.45, 7) is 6.50. The molecule has 3 aromatic carbocycles. The highest BCUT2D eigenvalue weighted by Crippen LogP contribution is 2.27. The smallest absolute Gasteiger partial charge is 0.251 e. The van der Waals surface area contributed by atoms with E-state index in [-0.39, 0.29) is 35.5 Å². The Morgan fingerprint density at radius 3 is 2.38 bits per heavy atom. The number of fused-ring (bicyclic) bond motifs is 1. The molecular formula is C38H47N3O4. The Hall–Kier alpha value is -3.97. The number of nitrogens with zero attached hydrogens (tertiary/aromatic N) is 1. The van der Waals surface area contributed by atoms with Crippen LogP contribution in [-0.2, 0) is 29.2 Å². The molecular weight excluding hydrogens is 562 g/mol. The topological polar surface area (TPSA) is 87.7 Å². The van der Waals surface area contributed by atoms with Crippen LogP contribution in [0.2, 0.25) is 0 Å². The molecule has 3 aromatic rings. The zero-order valence-electron chi connectivity index (χ0n) is 26.7. The number of hydrogen-bond acceptors (Lipinski definition) is 5. The predicted molar refractivity (Wildman–Crippen MR) is 177 cm³/mol. The van der Waals surface area contributed by atoms with Crippen LogP contribution in [-0.4, -0.2) is 47.7 Å². The van der Waals surface area contributed by atoms with Crippen LogP contribution in [0, 0.1) is 11.8 Å². The average molecular weight is 610 g/mol. The van der Waals surface area contributed by atoms with Crippen LogP contribution in [0.3, 0.4) is 0 Å². The third-order valence-corrected chi connectivity index (χ3v) is 8.99. The molecule has 45 heavy (non-hydrogen) atoms. The maximum Gasteiger partial charge on any atom is 0.251 e. The Kier molecular flexibility index (Phi) is 11.4. The summed E-state index contributed by atoms with van der Waals surface area (Å²) in [6.07, 6.45) is 5.84. The molecule has 2 amide bonds. The maximum absolute atomic E-state index is 13.8. The van der Waals surface area contributed by atoms with Crippen molar-refractivity contribution >= 4 is 17.6 Å². The summed E-state index contributed by atoms with van der Waals surface area (Å²) in [4.78, 5) is 42.5. The van der Waals surface area contributed by atoms with Crippen LogP contribution in [0.15, 0.2) is 78.9 Å². The van der Waals surface area contributed by atoms with Crippen LogP contribution < -0.4 is 15.4 Å². The largest absolute Gasteiger partial charge is 0.489 e. The van der Waals surface area contributed by atoms with Gasteiger partial charge in [0.15, 0.2) is 5.78 Å². The first-order valence-electron chi connectivity index (χ1n) is 16.6. The molecule has 1 aliphatic carbocycles. The highest BCUT2D eigenvalue weighted by atomic mass is 16.5. The van der Waals surface area contributed by atoms with Crippen LogP contribution in [0.1, 0.15) is 79.4 Å². The molecule has 238 valence electrons. The minimum absolute atomic E-state index is 0.0454. The Balaban J connectivity index is 1.19. The summed E-state index contributed by atoms with van der Waals surface area (Å²) in [7, 11) is 0. The fraction of sp³-hybridized carbons (Fsp3) is 0.447. The van der Waals surface area contributed by atoms with E-state index < -0.39 is 6.04 Å². The van der Waals surface area contributed by atoms with Crippen molar-refractivity contribution in [2.24, 2.45) is 11.8 Å². The predicted octanol–water partition coefficient (Wildman–Crippen LogP) is 6.10. The molecule has 0 bridgehead atoms. The molecule has 0 saturated heterocycles. The van der Waals surface area contributed by atoms with Gasteiger partial charge in [-0.15, -0.1) is 0 Å². The van der Waals surface area contributed by atoms with E-state index in [9.17, 15) is 14.4 Å². The first-order valence-corrected chi connectivity index (χ1v) is 16.6. The first kappa shape index (κ1) is 32.4. The van der Waals surface area contributed by atoms with Gasteiger partial charge in [-0.1, -0.05) is 81.3 Å². The fourth-order valence-electron chi connectivity index (χ4n) is 6.58. The normalized spacial score (nSPS) is 19.2. The Morgan fingerprint density at radius 2 is 1.62 bits per heavy atom. The van der Waals surface area contributed by atoms with Crippen molar-refractivity contribution in [3.63, 3.8) is 0 Å². The van der Waals surface area contributed by atoms with Gasteiger partial charge in [0.05, 0.1) is 18.5 Å². The Labute approximate surface area is 267 Å². The molecule has 0 radical (unpaired) electrons. The molecule has 7 heteroatoms. The fourth-order valence-corrected chi connectivity index (χ4v) is 6.58. The van der Waals surface area contributed by atoms with Gasteiger partial charge < -0.3 is 15.4 Å². The van der Waals surface area contributed by atoms with Crippen molar-refractivity contribution in [3.05, 3.63) is 101 Å². The number of ketones is 1. The lowest BCUT2D eigenvalue weighted by atomic mass is 9.83. The van der Waals surface area contributed by atoms with Gasteiger partial charge in [0.1, 0.15) is 12.4 Å². The first-order chi connectivity index (χ1) is 21.9. The van der Waals surface area contributed by atoms with Crippen LogP contribution in [0.25, 0.3) is 0 Å². The summed E-state index contributed by atoms with van der Waals surface area (Å²) in [5.74, 6) is 0.519. The second kappa shape index (κ2) is 15.8. The van der Waals surface area contributed by atoms with E-state index in [1.54, 1.807) is 12.1 Å². The van der Waals surface area contributed by atoms with E-state index in [4.69, 9.17) is 4.74 Å². The van der Waals surface area contributed by atoms with Crippen molar-refractivity contribution < 1.29 is 19.1 Å². The van der Waals surface area contributed by atoms with E-state index >= 15 is 0 Å². The number of aryl methyl sites for hydroxylation is 1. The van der Waals surface area contributed by atoms with Gasteiger partial charge in [-0.05, 0) is 85.5 Å². The lowest BCUT2D eigenvalue weighted by Gasteiger charge is -2.33. The molecule has 1 unspecified atom stereocenters. The molecule has 2 aliphatic rings. The van der Waals surface area contributed by atoms with Crippen molar-refractivity contribution in [1.82, 2.24) is 15.5 Å². The SMILES string of the molecule is CC(C)CC(NC(=O)[C@@H]1CCCC[C@@H]1NC(=O)c1ccccc1)C(=O)CN1CCCc2cc(OCc3ccccc3)ccc2C1. The molecule has 5 rings (SSSR count). The molecule has 1 saturated carbocycles. The van der Waals surface area contributed by atoms with Gasteiger partial charge in [-0.2, -0.15) is 0 Å². The number of ether oxygens (including phenoxy) is 1. The highest BCUT2D eigenvalue weighted by molar-refractivity contribution is 5.95. The van der Waals surface area contributed by atoms with Crippen LogP contribution >= 0.6 is 0 Å². The average Bonchev–Trinajstić information content (AvgIpc) is 3.25. The second-order valence-electron chi connectivity index (χ2n) is 13.0. The maximum atomic E-state index is 13.8. The third kappa shape index (κ3) is 9.27. The number of benzene rings is 3. The van der Waals surface area contributed by atoms with Crippen molar-refractivity contribution in [1.29, 1.82) is 0 Å². The molecule has 2 N–H and O–H groups in total. The minimum Gasteiger partial charge on any atom is -0.489 e. The number of carbonyl (C=O) groups is 3. The van der Waals surface area contributed by atoms with Crippen molar-refractivity contribution in [3.8, 4) is 5.75 Å². The molecule has 1 heterocycles. The van der Waals surface area contributed by atoms with Gasteiger partial charge >= 0.3 is 0 Å². The lowest BCUT2D eigenvalue weighted by Crippen LogP contribution is -2.53. The minimum atomic E-state index is -0.554. The van der Waals surface area contributed by atoms with E-state index in [2.05, 4.69) is 53.6 Å². The third-order valence-electron chi connectivity index (χ3n) is 8.99. The van der Waals surface area contributed by atoms with E-state index in [1.165, 1.54) is 11.1 Å². The highest BCUT2D eigenvalue weighted by Gasteiger charge is 2.35. The van der Waals surface area contributed by atoms with E-state index in [0.717, 1.165) is 50.0 Å². The summed E-state index contributed by atoms with van der Waals surface area (Å²) in [6, 6.07) is 24.8. The molecule has 1 aliphatic heterocycles. The van der Waals surface area contributed by atoms with E-state index in [1.807, 2.05) is 42.5 Å². The van der Waals surface area contributed by atoms with Crippen LogP contribution in [0.5, 0.6) is 5.75 Å². The summed E-state index contributed by atoms with van der Waals surface area (Å²) in [5.41, 5.74) is 4.21. The number of rotatable bonds is 12. The Bertz CT molecular complexity index is 1430. The lowest BCUT2D eigenvalue weighted by molar-refractivity contribution is -0.132. The molecule has 0 aromatic heterocycles.